The van der Waals surface area contributed by atoms with Crippen LogP contribution in [0.25, 0.3) is 0 Å². The van der Waals surface area contributed by atoms with Crippen molar-refractivity contribution in [3.8, 4) is 0 Å². The highest BCUT2D eigenvalue weighted by Crippen LogP contribution is 2.38. The van der Waals surface area contributed by atoms with E-state index in [4.69, 9.17) is 19.3 Å². The number of phosphoric acid groups is 1. The summed E-state index contributed by atoms with van der Waals surface area (Å²) in [6.07, 6.45) is -2.12. The van der Waals surface area contributed by atoms with E-state index in [1.807, 2.05) is 0 Å². The molecule has 0 spiro atoms. The Morgan fingerprint density at radius 3 is 2.85 bits per heavy atom. The first-order chi connectivity index (χ1) is 12.2. The Balaban J connectivity index is 1.79. The molecular formula is C13H19N2O9PS. The standard InChI is InChI=1S/C13H19N2O9PS/c16-8-3-11(24-9(8)5-23-25(19,20)21)15-4-7(12(17)14-13(15)18)10-6-26-2-1-22-10/h4,8-11,16H,1-3,5-6H2,(H,14,17,18)(H2,19,20,21)/t8-,9+,10+,11+/m0/s1. The lowest BCUT2D eigenvalue weighted by atomic mass is 10.2. The zero-order valence-electron chi connectivity index (χ0n) is 13.5. The summed E-state index contributed by atoms with van der Waals surface area (Å²) < 4.78 is 27.3. The van der Waals surface area contributed by atoms with Crippen molar-refractivity contribution < 1.29 is 33.5 Å². The Morgan fingerprint density at radius 1 is 1.42 bits per heavy atom. The minimum absolute atomic E-state index is 0.000843. The number of hydrogen-bond donors (Lipinski definition) is 4. The predicted molar refractivity (Wildman–Crippen MR) is 89.9 cm³/mol. The molecule has 2 fully saturated rings. The van der Waals surface area contributed by atoms with Gasteiger partial charge >= 0.3 is 13.5 Å². The zero-order chi connectivity index (χ0) is 18.9. The lowest BCUT2D eigenvalue weighted by Gasteiger charge is -2.23. The molecule has 2 aliphatic rings. The second-order valence-corrected chi connectivity index (χ2v) is 8.29. The average Bonchev–Trinajstić information content (AvgIpc) is 2.94. The third-order valence-electron chi connectivity index (χ3n) is 4.08. The second kappa shape index (κ2) is 7.95. The summed E-state index contributed by atoms with van der Waals surface area (Å²) in [5.74, 6) is 1.40. The molecule has 13 heteroatoms. The first-order valence-electron chi connectivity index (χ1n) is 7.83. The largest absolute Gasteiger partial charge is 0.469 e. The van der Waals surface area contributed by atoms with Gasteiger partial charge in [-0.2, -0.15) is 11.8 Å². The fourth-order valence-electron chi connectivity index (χ4n) is 2.82. The average molecular weight is 410 g/mol. The third-order valence-corrected chi connectivity index (χ3v) is 5.56. The Kier molecular flexibility index (Phi) is 6.04. The van der Waals surface area contributed by atoms with Gasteiger partial charge in [-0.1, -0.05) is 0 Å². The summed E-state index contributed by atoms with van der Waals surface area (Å²) in [6.45, 7) is -0.0381. The Hall–Kier alpha value is -0.980. The molecule has 4 N–H and O–H groups in total. The highest BCUT2D eigenvalue weighted by atomic mass is 32.2. The molecule has 0 aliphatic carbocycles. The van der Waals surface area contributed by atoms with Gasteiger partial charge in [0, 0.05) is 24.1 Å². The van der Waals surface area contributed by atoms with E-state index in [2.05, 4.69) is 9.51 Å². The molecule has 0 bridgehead atoms. The van der Waals surface area contributed by atoms with Gasteiger partial charge in [-0.25, -0.2) is 9.36 Å². The number of nitrogens with one attached hydrogen (secondary N) is 1. The minimum Gasteiger partial charge on any atom is -0.390 e. The highest BCUT2D eigenvalue weighted by Gasteiger charge is 2.37. The fourth-order valence-corrected chi connectivity index (χ4v) is 4.03. The maximum atomic E-state index is 12.1. The SMILES string of the molecule is O=c1[nH]c(=O)n([C@H]2C[C@H](O)[C@@H](COP(=O)(O)O)O2)cc1[C@H]1CSCCO1. The fraction of sp³-hybridized carbons (Fsp3) is 0.692. The summed E-state index contributed by atoms with van der Waals surface area (Å²) >= 11 is 1.63. The van der Waals surface area contributed by atoms with Crippen molar-refractivity contribution in [1.29, 1.82) is 0 Å². The number of nitrogens with zero attached hydrogens (tertiary/aromatic N) is 1. The molecule has 1 aromatic heterocycles. The zero-order valence-corrected chi connectivity index (χ0v) is 15.2. The summed E-state index contributed by atoms with van der Waals surface area (Å²) in [5.41, 5.74) is -0.973. The van der Waals surface area contributed by atoms with Gasteiger partial charge in [0.2, 0.25) is 0 Å². The van der Waals surface area contributed by atoms with E-state index in [0.717, 1.165) is 10.3 Å². The summed E-state index contributed by atoms with van der Waals surface area (Å²) in [7, 11) is -4.70. The Morgan fingerprint density at radius 2 is 2.19 bits per heavy atom. The number of rotatable bonds is 5. The number of phosphoric ester groups is 1. The summed E-state index contributed by atoms with van der Waals surface area (Å²) in [6, 6.07) is 0. The van der Waals surface area contributed by atoms with Gasteiger partial charge in [-0.15, -0.1) is 0 Å². The number of aromatic nitrogens is 2. The van der Waals surface area contributed by atoms with Crippen molar-refractivity contribution in [3.05, 3.63) is 32.6 Å². The molecule has 3 heterocycles. The van der Waals surface area contributed by atoms with E-state index in [9.17, 15) is 19.3 Å². The highest BCUT2D eigenvalue weighted by molar-refractivity contribution is 7.99. The topological polar surface area (TPSA) is 160 Å². The Bertz CT molecular complexity index is 800. The van der Waals surface area contributed by atoms with E-state index < -0.39 is 50.2 Å². The van der Waals surface area contributed by atoms with Crippen molar-refractivity contribution in [2.24, 2.45) is 0 Å². The summed E-state index contributed by atoms with van der Waals surface area (Å²) in [5, 5.41) is 10.0. The maximum absolute atomic E-state index is 12.1. The molecule has 0 unspecified atom stereocenters. The van der Waals surface area contributed by atoms with Crippen molar-refractivity contribution in [1.82, 2.24) is 9.55 Å². The third kappa shape index (κ3) is 4.65. The molecule has 146 valence electrons. The van der Waals surface area contributed by atoms with Crippen LogP contribution in [0, 0.1) is 0 Å². The van der Waals surface area contributed by atoms with Crippen molar-refractivity contribution in [3.63, 3.8) is 0 Å². The molecule has 26 heavy (non-hydrogen) atoms. The number of aliphatic hydroxyl groups is 1. The molecule has 0 aromatic carbocycles. The van der Waals surface area contributed by atoms with Crippen LogP contribution in [0.15, 0.2) is 15.8 Å². The van der Waals surface area contributed by atoms with Crippen LogP contribution in [0.3, 0.4) is 0 Å². The van der Waals surface area contributed by atoms with Crippen LogP contribution in [0.2, 0.25) is 0 Å². The van der Waals surface area contributed by atoms with Crippen LogP contribution in [0.1, 0.15) is 24.3 Å². The van der Waals surface area contributed by atoms with Crippen molar-refractivity contribution >= 4 is 19.6 Å². The predicted octanol–water partition coefficient (Wildman–Crippen LogP) is -0.901. The van der Waals surface area contributed by atoms with E-state index in [0.29, 0.717) is 12.4 Å². The molecule has 0 saturated carbocycles. The quantitative estimate of drug-likeness (QED) is 0.448. The number of ether oxygens (including phenoxy) is 2. The molecule has 4 atom stereocenters. The van der Waals surface area contributed by atoms with Crippen molar-refractivity contribution in [2.75, 3.05) is 24.7 Å². The first-order valence-corrected chi connectivity index (χ1v) is 10.5. The number of thioether (sulfide) groups is 1. The van der Waals surface area contributed by atoms with Crippen LogP contribution in [-0.2, 0) is 18.6 Å². The van der Waals surface area contributed by atoms with Crippen LogP contribution in [-0.4, -0.2) is 61.4 Å². The van der Waals surface area contributed by atoms with Crippen molar-refractivity contribution in [2.45, 2.75) is 31.0 Å². The molecule has 2 saturated heterocycles. The number of aromatic amines is 1. The monoisotopic (exact) mass is 410 g/mol. The molecule has 3 rings (SSSR count). The van der Waals surface area contributed by atoms with Gasteiger partial charge in [-0.3, -0.25) is 18.9 Å². The van der Waals surface area contributed by atoms with Gasteiger partial charge in [0.15, 0.2) is 0 Å². The minimum atomic E-state index is -4.70. The van der Waals surface area contributed by atoms with Crippen LogP contribution < -0.4 is 11.2 Å². The molecule has 0 amide bonds. The van der Waals surface area contributed by atoms with E-state index in [-0.39, 0.29) is 12.0 Å². The van der Waals surface area contributed by atoms with E-state index in [1.54, 1.807) is 11.8 Å². The molecular weight excluding hydrogens is 391 g/mol. The summed E-state index contributed by atoms with van der Waals surface area (Å²) in [4.78, 5) is 43.9. The van der Waals surface area contributed by atoms with Gasteiger partial charge in [0.1, 0.15) is 12.3 Å². The number of hydrogen-bond acceptors (Lipinski definition) is 8. The smallest absolute Gasteiger partial charge is 0.390 e. The van der Waals surface area contributed by atoms with Crippen LogP contribution in [0.4, 0.5) is 0 Å². The molecule has 0 radical (unpaired) electrons. The number of H-pyrrole nitrogens is 1. The Labute approximate surface area is 151 Å². The van der Waals surface area contributed by atoms with Crippen LogP contribution in [0.5, 0.6) is 0 Å². The van der Waals surface area contributed by atoms with Gasteiger partial charge in [0.25, 0.3) is 5.56 Å². The van der Waals surface area contributed by atoms with E-state index >= 15 is 0 Å². The van der Waals surface area contributed by atoms with Crippen LogP contribution >= 0.6 is 19.6 Å². The van der Waals surface area contributed by atoms with Gasteiger partial charge in [-0.05, 0) is 0 Å². The first kappa shape index (κ1) is 19.8. The second-order valence-electron chi connectivity index (χ2n) is 5.90. The molecule has 2 aliphatic heterocycles. The normalized spacial score (nSPS) is 29.8. The van der Waals surface area contributed by atoms with Gasteiger partial charge < -0.3 is 24.4 Å². The lowest BCUT2D eigenvalue weighted by molar-refractivity contribution is -0.0454. The lowest BCUT2D eigenvalue weighted by Crippen LogP contribution is -2.36. The van der Waals surface area contributed by atoms with E-state index in [1.165, 1.54) is 6.20 Å². The number of aliphatic hydroxyl groups excluding tert-OH is 1. The van der Waals surface area contributed by atoms with Gasteiger partial charge in [0.05, 0.1) is 31.0 Å². The molecule has 11 nitrogen and oxygen atoms in total. The maximum Gasteiger partial charge on any atom is 0.469 e. The molecule has 1 aromatic rings.